The van der Waals surface area contributed by atoms with Crippen LogP contribution in [-0.4, -0.2) is 30.0 Å². The third-order valence-electron chi connectivity index (χ3n) is 4.75. The van der Waals surface area contributed by atoms with E-state index >= 15 is 0 Å². The van der Waals surface area contributed by atoms with Crippen molar-refractivity contribution < 1.29 is 4.39 Å². The predicted molar refractivity (Wildman–Crippen MR) is 99.2 cm³/mol. The molecule has 1 atom stereocenters. The number of halogens is 2. The number of benzene rings is 1. The second-order valence-corrected chi connectivity index (χ2v) is 6.52. The average molecular weight is 417 g/mol. The van der Waals surface area contributed by atoms with Gasteiger partial charge in [-0.05, 0) is 49.1 Å². The number of aliphatic imine (C=N–C) groups is 1. The lowest BCUT2D eigenvalue weighted by Crippen LogP contribution is -2.44. The topological polar surface area (TPSA) is 41.6 Å². The number of hydrogen-bond acceptors (Lipinski definition) is 1. The first-order valence-electron chi connectivity index (χ1n) is 7.96. The molecule has 1 unspecified atom stereocenters. The Labute approximate surface area is 149 Å². The number of nitrogens with zero attached hydrogens (tertiary/aromatic N) is 2. The highest BCUT2D eigenvalue weighted by Gasteiger charge is 2.32. The molecule has 3 nitrogen and oxygen atoms in total. The van der Waals surface area contributed by atoms with E-state index in [0.717, 1.165) is 31.5 Å². The molecule has 1 aliphatic heterocycles. The molecule has 3 rings (SSSR count). The Bertz CT molecular complexity index is 528. The maximum atomic E-state index is 13.7. The lowest BCUT2D eigenvalue weighted by molar-refractivity contribution is 0.265. The molecule has 1 aromatic rings. The third-order valence-corrected chi connectivity index (χ3v) is 4.75. The lowest BCUT2D eigenvalue weighted by Gasteiger charge is -2.36. The maximum Gasteiger partial charge on any atom is 0.191 e. The lowest BCUT2D eigenvalue weighted by atomic mass is 9.76. The molecule has 0 spiro atoms. The van der Waals surface area contributed by atoms with Crippen LogP contribution < -0.4 is 5.73 Å². The van der Waals surface area contributed by atoms with Crippen LogP contribution in [0.15, 0.2) is 29.3 Å². The maximum absolute atomic E-state index is 13.7. The van der Waals surface area contributed by atoms with E-state index < -0.39 is 0 Å². The summed E-state index contributed by atoms with van der Waals surface area (Å²) in [4.78, 5) is 6.84. The van der Waals surface area contributed by atoms with Crippen molar-refractivity contribution in [3.8, 4) is 0 Å². The van der Waals surface area contributed by atoms with E-state index in [-0.39, 0.29) is 35.8 Å². The summed E-state index contributed by atoms with van der Waals surface area (Å²) in [6.07, 6.45) is 4.29. The van der Waals surface area contributed by atoms with Gasteiger partial charge in [-0.15, -0.1) is 24.0 Å². The van der Waals surface area contributed by atoms with Gasteiger partial charge in [0.2, 0.25) is 0 Å². The minimum atomic E-state index is -0.0947. The molecule has 22 heavy (non-hydrogen) atoms. The summed E-state index contributed by atoms with van der Waals surface area (Å²) in [7, 11) is 0. The van der Waals surface area contributed by atoms with Gasteiger partial charge in [-0.1, -0.05) is 25.1 Å². The van der Waals surface area contributed by atoms with E-state index in [2.05, 4.69) is 16.8 Å². The summed E-state index contributed by atoms with van der Waals surface area (Å²) in [5, 5.41) is 0. The number of nitrogens with two attached hydrogens (primary N) is 1. The smallest absolute Gasteiger partial charge is 0.191 e. The molecule has 1 aliphatic carbocycles. The fourth-order valence-corrected chi connectivity index (χ4v) is 3.42. The highest BCUT2D eigenvalue weighted by molar-refractivity contribution is 14.0. The Morgan fingerprint density at radius 1 is 1.32 bits per heavy atom. The van der Waals surface area contributed by atoms with Crippen LogP contribution in [-0.2, 0) is 0 Å². The Hall–Kier alpha value is -0.850. The van der Waals surface area contributed by atoms with Crippen molar-refractivity contribution in [3.05, 3.63) is 35.6 Å². The first kappa shape index (κ1) is 17.5. The van der Waals surface area contributed by atoms with E-state index in [1.54, 1.807) is 6.07 Å². The standard InChI is InChI=1S/C17H24FN3.HI/c1-12-5-4-8-21(11-12)17(19)20-14-9-13(10-14)15-6-2-3-7-16(15)18;/h2-3,6-7,12-14H,4-5,8-11H2,1H3,(H2,19,20);1H. The minimum absolute atomic E-state index is 0. The van der Waals surface area contributed by atoms with Crippen LogP contribution in [0.3, 0.4) is 0 Å². The molecule has 2 aliphatic rings. The van der Waals surface area contributed by atoms with Crippen molar-refractivity contribution in [1.29, 1.82) is 0 Å². The van der Waals surface area contributed by atoms with Crippen molar-refractivity contribution >= 4 is 29.9 Å². The van der Waals surface area contributed by atoms with Crippen LogP contribution in [0.4, 0.5) is 4.39 Å². The van der Waals surface area contributed by atoms with Gasteiger partial charge in [0, 0.05) is 13.1 Å². The van der Waals surface area contributed by atoms with E-state index in [9.17, 15) is 4.39 Å². The second kappa shape index (κ2) is 7.62. The van der Waals surface area contributed by atoms with Gasteiger partial charge in [0.05, 0.1) is 6.04 Å². The van der Waals surface area contributed by atoms with Gasteiger partial charge >= 0.3 is 0 Å². The molecule has 0 aromatic heterocycles. The van der Waals surface area contributed by atoms with Crippen LogP contribution in [0.25, 0.3) is 0 Å². The first-order valence-corrected chi connectivity index (χ1v) is 7.96. The number of hydrogen-bond donors (Lipinski definition) is 1. The zero-order valence-corrected chi connectivity index (χ0v) is 15.4. The summed E-state index contributed by atoms with van der Waals surface area (Å²) in [5.74, 6) is 1.58. The Morgan fingerprint density at radius 2 is 2.05 bits per heavy atom. The number of rotatable bonds is 2. The third kappa shape index (κ3) is 3.91. The predicted octanol–water partition coefficient (Wildman–Crippen LogP) is 3.74. The van der Waals surface area contributed by atoms with Crippen LogP contribution in [0.2, 0.25) is 0 Å². The zero-order chi connectivity index (χ0) is 14.8. The van der Waals surface area contributed by atoms with Gasteiger partial charge in [-0.2, -0.15) is 0 Å². The van der Waals surface area contributed by atoms with Gasteiger partial charge in [0.15, 0.2) is 5.96 Å². The Kier molecular flexibility index (Phi) is 6.06. The molecule has 0 bridgehead atoms. The van der Waals surface area contributed by atoms with Crippen LogP contribution in [0.5, 0.6) is 0 Å². The van der Waals surface area contributed by atoms with Gasteiger partial charge < -0.3 is 10.6 Å². The molecule has 2 N–H and O–H groups in total. The van der Waals surface area contributed by atoms with E-state index in [0.29, 0.717) is 17.8 Å². The monoisotopic (exact) mass is 417 g/mol. The van der Waals surface area contributed by atoms with Gasteiger partial charge in [0.1, 0.15) is 5.82 Å². The van der Waals surface area contributed by atoms with Crippen molar-refractivity contribution in [2.24, 2.45) is 16.6 Å². The van der Waals surface area contributed by atoms with E-state index in [4.69, 9.17) is 5.73 Å². The first-order chi connectivity index (χ1) is 10.1. The summed E-state index contributed by atoms with van der Waals surface area (Å²) in [6, 6.07) is 7.32. The molecular formula is C17H25FIN3. The van der Waals surface area contributed by atoms with Crippen molar-refractivity contribution in [3.63, 3.8) is 0 Å². The number of likely N-dealkylation sites (tertiary alicyclic amines) is 1. The van der Waals surface area contributed by atoms with Crippen LogP contribution >= 0.6 is 24.0 Å². The molecule has 122 valence electrons. The molecule has 2 fully saturated rings. The van der Waals surface area contributed by atoms with Gasteiger partial charge in [0.25, 0.3) is 0 Å². The summed E-state index contributed by atoms with van der Waals surface area (Å²) < 4.78 is 13.7. The summed E-state index contributed by atoms with van der Waals surface area (Å²) in [5.41, 5.74) is 6.96. The SMILES string of the molecule is CC1CCCN(C(N)=NC2CC(c3ccccc3F)C2)C1.I. The molecule has 1 saturated heterocycles. The molecule has 1 heterocycles. The fourth-order valence-electron chi connectivity index (χ4n) is 3.42. The Balaban J connectivity index is 0.00000176. The van der Waals surface area contributed by atoms with E-state index in [1.807, 2.05) is 12.1 Å². The van der Waals surface area contributed by atoms with Gasteiger partial charge in [-0.3, -0.25) is 0 Å². The van der Waals surface area contributed by atoms with Gasteiger partial charge in [-0.25, -0.2) is 9.38 Å². The highest BCUT2D eigenvalue weighted by Crippen LogP contribution is 2.39. The minimum Gasteiger partial charge on any atom is -0.370 e. The molecular weight excluding hydrogens is 392 g/mol. The van der Waals surface area contributed by atoms with Crippen molar-refractivity contribution in [2.75, 3.05) is 13.1 Å². The molecule has 0 radical (unpaired) electrons. The molecule has 1 saturated carbocycles. The van der Waals surface area contributed by atoms with E-state index in [1.165, 1.54) is 18.9 Å². The van der Waals surface area contributed by atoms with Crippen LogP contribution in [0, 0.1) is 11.7 Å². The molecule has 0 amide bonds. The van der Waals surface area contributed by atoms with Crippen molar-refractivity contribution in [2.45, 2.75) is 44.6 Å². The van der Waals surface area contributed by atoms with Crippen molar-refractivity contribution in [1.82, 2.24) is 4.90 Å². The van der Waals surface area contributed by atoms with Crippen LogP contribution in [0.1, 0.15) is 44.1 Å². The molecule has 5 heteroatoms. The average Bonchev–Trinajstić information content (AvgIpc) is 2.43. The summed E-state index contributed by atoms with van der Waals surface area (Å²) >= 11 is 0. The second-order valence-electron chi connectivity index (χ2n) is 6.52. The number of guanidine groups is 1. The largest absolute Gasteiger partial charge is 0.370 e. The quantitative estimate of drug-likeness (QED) is 0.453. The normalized spacial score (nSPS) is 28.7. The molecule has 1 aromatic carbocycles. The Morgan fingerprint density at radius 3 is 2.73 bits per heavy atom. The highest BCUT2D eigenvalue weighted by atomic mass is 127. The summed E-state index contributed by atoms with van der Waals surface area (Å²) in [6.45, 7) is 4.29. The zero-order valence-electron chi connectivity index (χ0n) is 13.0. The number of piperidine rings is 1. The fraction of sp³-hybridized carbons (Fsp3) is 0.588.